The first-order valence-electron chi connectivity index (χ1n) is 6.19. The highest BCUT2D eigenvalue weighted by atomic mass is 32.1. The first-order chi connectivity index (χ1) is 7.56. The summed E-state index contributed by atoms with van der Waals surface area (Å²) < 4.78 is 5.53. The van der Waals surface area contributed by atoms with Crippen LogP contribution in [0.15, 0.2) is 0 Å². The molecule has 1 aliphatic rings. The fourth-order valence-electron chi connectivity index (χ4n) is 2.63. The Hall–Kier alpha value is -0.220. The molecule has 1 saturated heterocycles. The molecule has 1 unspecified atom stereocenters. The van der Waals surface area contributed by atoms with E-state index in [-0.39, 0.29) is 28.4 Å². The molecule has 0 aromatic rings. The van der Waals surface area contributed by atoms with Gasteiger partial charge >= 0.3 is 5.97 Å². The quantitative estimate of drug-likeness (QED) is 0.610. The molecule has 100 valence electrons. The van der Waals surface area contributed by atoms with Gasteiger partial charge in [-0.25, -0.2) is 0 Å². The van der Waals surface area contributed by atoms with E-state index >= 15 is 0 Å². The van der Waals surface area contributed by atoms with E-state index in [9.17, 15) is 4.79 Å². The second kappa shape index (κ2) is 4.81. The summed E-state index contributed by atoms with van der Waals surface area (Å²) in [4.78, 5) is 14.0. The summed E-state index contributed by atoms with van der Waals surface area (Å²) in [7, 11) is 2.14. The molecule has 0 radical (unpaired) electrons. The number of piperidine rings is 1. The van der Waals surface area contributed by atoms with Crippen LogP contribution in [0.1, 0.15) is 47.5 Å². The maximum atomic E-state index is 11.6. The molecule has 1 fully saturated rings. The summed E-state index contributed by atoms with van der Waals surface area (Å²) in [5.41, 5.74) is 0.0963. The number of rotatable bonds is 2. The van der Waals surface area contributed by atoms with Gasteiger partial charge in [0.15, 0.2) is 0 Å². The lowest BCUT2D eigenvalue weighted by molar-refractivity contribution is -0.157. The summed E-state index contributed by atoms with van der Waals surface area (Å²) in [5.74, 6) is -0.213. The van der Waals surface area contributed by atoms with Crippen molar-refractivity contribution in [2.24, 2.45) is 0 Å². The SMILES string of the molecule is CC(S)C(=O)OC1CC(C)(C)N(C)C(C)(C)C1. The molecule has 1 aliphatic heterocycles. The zero-order chi connectivity index (χ0) is 13.4. The second-order valence-electron chi connectivity index (χ2n) is 6.33. The van der Waals surface area contributed by atoms with E-state index < -0.39 is 0 Å². The molecular weight excluding hydrogens is 234 g/mol. The van der Waals surface area contributed by atoms with E-state index in [2.05, 4.69) is 52.3 Å². The molecule has 1 atom stereocenters. The molecular formula is C13H25NO2S. The first kappa shape index (κ1) is 14.8. The van der Waals surface area contributed by atoms with Crippen LogP contribution in [0.5, 0.6) is 0 Å². The molecule has 0 N–H and O–H groups in total. The molecule has 0 spiro atoms. The molecule has 0 saturated carbocycles. The van der Waals surface area contributed by atoms with Gasteiger partial charge < -0.3 is 4.74 Å². The summed E-state index contributed by atoms with van der Waals surface area (Å²) >= 11 is 4.11. The Labute approximate surface area is 110 Å². The average molecular weight is 259 g/mol. The normalized spacial score (nSPS) is 26.5. The number of hydrogen-bond donors (Lipinski definition) is 1. The number of likely N-dealkylation sites (tertiary alicyclic amines) is 1. The predicted octanol–water partition coefficient (Wildman–Crippen LogP) is 2.50. The molecule has 0 amide bonds. The second-order valence-corrected chi connectivity index (χ2v) is 7.10. The van der Waals surface area contributed by atoms with E-state index in [1.807, 2.05) is 0 Å². The summed E-state index contributed by atoms with van der Waals surface area (Å²) in [6, 6.07) is 0. The lowest BCUT2D eigenvalue weighted by Crippen LogP contribution is -2.60. The molecule has 0 bridgehead atoms. The molecule has 0 aliphatic carbocycles. The maximum Gasteiger partial charge on any atom is 0.318 e. The van der Waals surface area contributed by atoms with Crippen LogP contribution in [-0.4, -0.2) is 40.3 Å². The van der Waals surface area contributed by atoms with Crippen molar-refractivity contribution in [2.75, 3.05) is 7.05 Å². The molecule has 1 rings (SSSR count). The Morgan fingerprint density at radius 1 is 1.29 bits per heavy atom. The standard InChI is InChI=1S/C13H25NO2S/c1-9(17)11(15)16-10-7-12(2,3)14(6)13(4,5)8-10/h9-10,17H,7-8H2,1-6H3. The van der Waals surface area contributed by atoms with E-state index in [1.165, 1.54) is 0 Å². The third kappa shape index (κ3) is 3.38. The average Bonchev–Trinajstić information content (AvgIpc) is 2.12. The van der Waals surface area contributed by atoms with Crippen LogP contribution in [0.25, 0.3) is 0 Å². The Balaban J connectivity index is 2.75. The van der Waals surface area contributed by atoms with Crippen molar-refractivity contribution in [3.05, 3.63) is 0 Å². The van der Waals surface area contributed by atoms with Crippen LogP contribution >= 0.6 is 12.6 Å². The van der Waals surface area contributed by atoms with Crippen LogP contribution in [0.2, 0.25) is 0 Å². The van der Waals surface area contributed by atoms with E-state index in [0.29, 0.717) is 0 Å². The summed E-state index contributed by atoms with van der Waals surface area (Å²) in [6.45, 7) is 10.5. The van der Waals surface area contributed by atoms with E-state index in [4.69, 9.17) is 4.74 Å². The van der Waals surface area contributed by atoms with Crippen molar-refractivity contribution in [3.8, 4) is 0 Å². The molecule has 0 aromatic carbocycles. The zero-order valence-corrected chi connectivity index (χ0v) is 12.7. The van der Waals surface area contributed by atoms with Gasteiger partial charge in [-0.1, -0.05) is 0 Å². The van der Waals surface area contributed by atoms with Gasteiger partial charge in [-0.15, -0.1) is 0 Å². The zero-order valence-electron chi connectivity index (χ0n) is 11.8. The Morgan fingerprint density at radius 2 is 1.71 bits per heavy atom. The number of carbonyl (C=O) groups is 1. The van der Waals surface area contributed by atoms with Crippen LogP contribution < -0.4 is 0 Å². The minimum Gasteiger partial charge on any atom is -0.461 e. The minimum absolute atomic E-state index is 0.00157. The van der Waals surface area contributed by atoms with Crippen molar-refractivity contribution in [1.82, 2.24) is 4.90 Å². The fraction of sp³-hybridized carbons (Fsp3) is 0.923. The largest absolute Gasteiger partial charge is 0.461 e. The van der Waals surface area contributed by atoms with E-state index in [0.717, 1.165) is 12.8 Å². The van der Waals surface area contributed by atoms with Gasteiger partial charge in [0.2, 0.25) is 0 Å². The molecule has 17 heavy (non-hydrogen) atoms. The van der Waals surface area contributed by atoms with Gasteiger partial charge in [0.1, 0.15) is 6.10 Å². The Kier molecular flexibility index (Phi) is 4.20. The summed E-state index contributed by atoms with van der Waals surface area (Å²) in [6.07, 6.45) is 1.75. The third-order valence-electron chi connectivity index (χ3n) is 3.89. The highest BCUT2D eigenvalue weighted by molar-refractivity contribution is 7.81. The smallest absolute Gasteiger partial charge is 0.318 e. The topological polar surface area (TPSA) is 29.5 Å². The number of ether oxygens (including phenoxy) is 1. The van der Waals surface area contributed by atoms with Crippen molar-refractivity contribution < 1.29 is 9.53 Å². The number of nitrogens with zero attached hydrogens (tertiary/aromatic N) is 1. The van der Waals surface area contributed by atoms with Crippen LogP contribution in [0, 0.1) is 0 Å². The third-order valence-corrected chi connectivity index (χ3v) is 4.11. The highest BCUT2D eigenvalue weighted by Gasteiger charge is 2.44. The number of esters is 1. The van der Waals surface area contributed by atoms with Crippen molar-refractivity contribution in [3.63, 3.8) is 0 Å². The van der Waals surface area contributed by atoms with Crippen molar-refractivity contribution >= 4 is 18.6 Å². The Bertz CT molecular complexity index is 282. The predicted molar refractivity (Wildman–Crippen MR) is 73.5 cm³/mol. The van der Waals surface area contributed by atoms with Crippen LogP contribution in [0.3, 0.4) is 0 Å². The van der Waals surface area contributed by atoms with Crippen molar-refractivity contribution in [2.45, 2.75) is 69.9 Å². The van der Waals surface area contributed by atoms with Crippen molar-refractivity contribution in [1.29, 1.82) is 0 Å². The fourth-order valence-corrected chi connectivity index (χ4v) is 2.69. The van der Waals surface area contributed by atoms with Crippen LogP contribution in [-0.2, 0) is 9.53 Å². The van der Waals surface area contributed by atoms with Gasteiger partial charge in [0.05, 0.1) is 5.25 Å². The van der Waals surface area contributed by atoms with Gasteiger partial charge in [-0.2, -0.15) is 12.6 Å². The van der Waals surface area contributed by atoms with Gasteiger partial charge in [0, 0.05) is 23.9 Å². The molecule has 1 heterocycles. The summed E-state index contributed by atoms with van der Waals surface area (Å²) in [5, 5.41) is -0.346. The molecule has 3 nitrogen and oxygen atoms in total. The lowest BCUT2D eigenvalue weighted by atomic mass is 9.79. The monoisotopic (exact) mass is 259 g/mol. The number of thiol groups is 1. The maximum absolute atomic E-state index is 11.6. The lowest BCUT2D eigenvalue weighted by Gasteiger charge is -2.53. The van der Waals surface area contributed by atoms with E-state index in [1.54, 1.807) is 6.92 Å². The Morgan fingerprint density at radius 3 is 2.06 bits per heavy atom. The molecule has 4 heteroatoms. The van der Waals surface area contributed by atoms with Gasteiger partial charge in [0.25, 0.3) is 0 Å². The first-order valence-corrected chi connectivity index (χ1v) is 6.70. The number of hydrogen-bond acceptors (Lipinski definition) is 4. The molecule has 0 aromatic heterocycles. The van der Waals surface area contributed by atoms with Crippen LogP contribution in [0.4, 0.5) is 0 Å². The van der Waals surface area contributed by atoms with Gasteiger partial charge in [-0.3, -0.25) is 9.69 Å². The number of carbonyl (C=O) groups excluding carboxylic acids is 1. The van der Waals surface area contributed by atoms with Gasteiger partial charge in [-0.05, 0) is 41.7 Å². The minimum atomic E-state index is -0.346. The highest BCUT2D eigenvalue weighted by Crippen LogP contribution is 2.38.